The van der Waals surface area contributed by atoms with E-state index < -0.39 is 0 Å². The molecule has 0 saturated carbocycles. The van der Waals surface area contributed by atoms with Gasteiger partial charge < -0.3 is 14.4 Å². The molecule has 0 spiro atoms. The van der Waals surface area contributed by atoms with Crippen molar-refractivity contribution in [2.24, 2.45) is 0 Å². The molecule has 0 saturated heterocycles. The van der Waals surface area contributed by atoms with Gasteiger partial charge in [0.25, 0.3) is 0 Å². The number of benzene rings is 4. The molecular weight excluding hydrogens is 719 g/mol. The number of aryl methyl sites for hydroxylation is 2. The molecule has 0 N–H and O–H groups in total. The molecule has 0 aliphatic rings. The monoisotopic (exact) mass is 746 g/mol. The zero-order chi connectivity index (χ0) is 29.2. The Hall–Kier alpha value is -4.96. The van der Waals surface area contributed by atoms with Crippen LogP contribution in [0, 0.1) is 26.0 Å². The minimum absolute atomic E-state index is 0. The number of hydrogen-bond acceptors (Lipinski definition) is 4. The first-order valence-electron chi connectivity index (χ1n) is 14.2. The van der Waals surface area contributed by atoms with Gasteiger partial charge in [-0.1, -0.05) is 65.5 Å². The smallest absolute Gasteiger partial charge is 0.128 e. The molecule has 4 heterocycles. The molecule has 5 heteroatoms. The second-order valence-electron chi connectivity index (χ2n) is 10.5. The van der Waals surface area contributed by atoms with Crippen molar-refractivity contribution in [1.82, 2.24) is 15.0 Å². The van der Waals surface area contributed by atoms with Crippen LogP contribution in [0.25, 0.3) is 66.4 Å². The summed E-state index contributed by atoms with van der Waals surface area (Å²) in [5.74, 6) is 0. The summed E-state index contributed by atoms with van der Waals surface area (Å²) in [4.78, 5) is 13.2. The number of pyridine rings is 3. The number of fused-ring (bicyclic) bond motifs is 4. The topological polar surface area (TPSA) is 51.8 Å². The maximum absolute atomic E-state index is 6.52. The first-order chi connectivity index (χ1) is 21.2. The summed E-state index contributed by atoms with van der Waals surface area (Å²) in [5.41, 5.74) is 10.0. The molecule has 4 nitrogen and oxygen atoms in total. The molecule has 0 atom stereocenters. The Morgan fingerprint density at radius 1 is 0.591 bits per heavy atom. The minimum atomic E-state index is 0. The van der Waals surface area contributed by atoms with E-state index in [2.05, 4.69) is 82.5 Å². The van der Waals surface area contributed by atoms with Crippen molar-refractivity contribution < 1.29 is 24.5 Å². The molecule has 8 rings (SSSR count). The van der Waals surface area contributed by atoms with E-state index in [9.17, 15) is 0 Å². The van der Waals surface area contributed by atoms with Crippen LogP contribution in [0.3, 0.4) is 0 Å². The third-order valence-electron chi connectivity index (χ3n) is 7.47. The van der Waals surface area contributed by atoms with Gasteiger partial charge in [-0.25, -0.2) is 0 Å². The fourth-order valence-electron chi connectivity index (χ4n) is 5.43. The molecule has 0 fully saturated rings. The molecule has 215 valence electrons. The van der Waals surface area contributed by atoms with Crippen LogP contribution in [0.4, 0.5) is 0 Å². The van der Waals surface area contributed by atoms with Gasteiger partial charge in [0.2, 0.25) is 0 Å². The normalized spacial score (nSPS) is 10.8. The summed E-state index contributed by atoms with van der Waals surface area (Å²) >= 11 is 0. The summed E-state index contributed by atoms with van der Waals surface area (Å²) in [7, 11) is 0. The van der Waals surface area contributed by atoms with Crippen molar-refractivity contribution in [3.63, 3.8) is 0 Å². The second-order valence-corrected chi connectivity index (χ2v) is 10.5. The molecule has 1 radical (unpaired) electrons. The summed E-state index contributed by atoms with van der Waals surface area (Å²) in [5, 5.41) is 4.46. The van der Waals surface area contributed by atoms with Crippen LogP contribution in [0.1, 0.15) is 11.1 Å². The second kappa shape index (κ2) is 12.7. The Labute approximate surface area is 269 Å². The van der Waals surface area contributed by atoms with Crippen LogP contribution in [0.2, 0.25) is 0 Å². The first kappa shape index (κ1) is 29.1. The number of furan rings is 1. The predicted octanol–water partition coefficient (Wildman–Crippen LogP) is 9.83. The molecule has 0 amide bonds. The minimum Gasteiger partial charge on any atom is -0.500 e. The van der Waals surface area contributed by atoms with E-state index in [-0.39, 0.29) is 20.1 Å². The van der Waals surface area contributed by atoms with Crippen LogP contribution in [0.5, 0.6) is 0 Å². The summed E-state index contributed by atoms with van der Waals surface area (Å²) in [6, 6.07) is 41.1. The van der Waals surface area contributed by atoms with Crippen molar-refractivity contribution in [3.05, 3.63) is 151 Å². The standard InChI is InChI=1S/C27H17N2O.C12H10N.Ir/c1-17-14-18-11-13-28-16-24(18)23(15-17)21-8-4-6-19-20-7-5-9-22(27(20)30-26(19)21)25-10-2-3-12-29-25;1-10-7-8-12(13-9-10)11-5-3-2-4-6-11;/h2-8,10-16H,1H3;2-5,7-9H,1H3;/q2*-1;. The third-order valence-corrected chi connectivity index (χ3v) is 7.47. The Bertz CT molecular complexity index is 2190. The quantitative estimate of drug-likeness (QED) is 0.169. The van der Waals surface area contributed by atoms with E-state index in [0.717, 1.165) is 61.0 Å². The van der Waals surface area contributed by atoms with Gasteiger partial charge in [-0.05, 0) is 59.4 Å². The Morgan fingerprint density at radius 3 is 2.27 bits per heavy atom. The van der Waals surface area contributed by atoms with Crippen LogP contribution >= 0.6 is 0 Å². The van der Waals surface area contributed by atoms with Crippen LogP contribution < -0.4 is 0 Å². The number of rotatable bonds is 3. The zero-order valence-electron chi connectivity index (χ0n) is 24.2. The van der Waals surface area contributed by atoms with Gasteiger partial charge >= 0.3 is 0 Å². The molecular formula is C39H27IrN3O-2. The van der Waals surface area contributed by atoms with Crippen molar-refractivity contribution in [2.75, 3.05) is 0 Å². The zero-order valence-corrected chi connectivity index (χ0v) is 26.6. The molecule has 0 bridgehead atoms. The molecule has 44 heavy (non-hydrogen) atoms. The van der Waals surface area contributed by atoms with E-state index in [1.54, 1.807) is 6.20 Å². The number of hydrogen-bond donors (Lipinski definition) is 0. The Kier molecular flexibility index (Phi) is 8.42. The van der Waals surface area contributed by atoms with Gasteiger partial charge in [-0.2, -0.15) is 0 Å². The van der Waals surface area contributed by atoms with Crippen LogP contribution in [-0.2, 0) is 20.1 Å². The van der Waals surface area contributed by atoms with Crippen molar-refractivity contribution in [3.8, 4) is 33.6 Å². The number of aromatic nitrogens is 3. The van der Waals surface area contributed by atoms with E-state index in [4.69, 9.17) is 4.42 Å². The van der Waals surface area contributed by atoms with Gasteiger partial charge in [-0.15, -0.1) is 54.1 Å². The number of nitrogens with zero attached hydrogens (tertiary/aromatic N) is 3. The maximum atomic E-state index is 6.52. The molecule has 4 aromatic heterocycles. The predicted molar refractivity (Wildman–Crippen MR) is 175 cm³/mol. The molecule has 8 aromatic rings. The maximum Gasteiger partial charge on any atom is 0.128 e. The van der Waals surface area contributed by atoms with E-state index in [0.29, 0.717) is 0 Å². The van der Waals surface area contributed by atoms with Gasteiger partial charge in [0.15, 0.2) is 0 Å². The van der Waals surface area contributed by atoms with Gasteiger partial charge in [0.05, 0.1) is 5.58 Å². The van der Waals surface area contributed by atoms with Crippen molar-refractivity contribution >= 4 is 32.7 Å². The van der Waals surface area contributed by atoms with Crippen molar-refractivity contribution in [1.29, 1.82) is 0 Å². The Morgan fingerprint density at radius 2 is 1.48 bits per heavy atom. The van der Waals surface area contributed by atoms with Crippen LogP contribution in [-0.4, -0.2) is 15.0 Å². The van der Waals surface area contributed by atoms with Gasteiger partial charge in [-0.3, -0.25) is 4.98 Å². The third kappa shape index (κ3) is 5.68. The average molecular weight is 746 g/mol. The summed E-state index contributed by atoms with van der Waals surface area (Å²) in [6.07, 6.45) is 7.43. The first-order valence-corrected chi connectivity index (χ1v) is 14.2. The molecule has 0 aliphatic heterocycles. The molecule has 0 aliphatic carbocycles. The molecule has 0 unspecified atom stereocenters. The van der Waals surface area contributed by atoms with Gasteiger partial charge in [0, 0.05) is 61.2 Å². The van der Waals surface area contributed by atoms with E-state index >= 15 is 0 Å². The van der Waals surface area contributed by atoms with Crippen LogP contribution in [0.15, 0.2) is 132 Å². The fraction of sp³-hybridized carbons (Fsp3) is 0.0513. The summed E-state index contributed by atoms with van der Waals surface area (Å²) in [6.45, 7) is 4.15. The summed E-state index contributed by atoms with van der Waals surface area (Å²) < 4.78 is 6.52. The number of para-hydroxylation sites is 1. The van der Waals surface area contributed by atoms with Crippen molar-refractivity contribution in [2.45, 2.75) is 13.8 Å². The largest absolute Gasteiger partial charge is 0.500 e. The SMILES string of the molecule is Cc1cc(-c2cccc3c2oc2c(-c4ccccn4)[c-]ccc23)c2cnccc2c1.Cc1ccc(-c2[c-]cccc2)nc1.[Ir]. The van der Waals surface area contributed by atoms with Gasteiger partial charge in [0.1, 0.15) is 5.58 Å². The van der Waals surface area contributed by atoms with E-state index in [1.807, 2.05) is 80.1 Å². The average Bonchev–Trinajstić information content (AvgIpc) is 3.45. The Balaban J connectivity index is 0.000000207. The van der Waals surface area contributed by atoms with E-state index in [1.165, 1.54) is 16.5 Å². The fourth-order valence-corrected chi connectivity index (χ4v) is 5.43. The molecule has 4 aromatic carbocycles.